The standard InChI is InChI=1S/C19H28ClN3OS/c1-21-18(22-13-17-6-3-11-25-17)23-14-19(7-9-24-10-8-19)15-4-2-5-16(20)12-15/h2,4-5,12,17H,3,6-11,13-14H2,1H3,(H2,21,22,23). The SMILES string of the molecule is CN=C(NCC1CCCS1)NCC1(c2cccc(Cl)c2)CCOCC1. The summed E-state index contributed by atoms with van der Waals surface area (Å²) < 4.78 is 5.62. The van der Waals surface area contributed by atoms with Crippen LogP contribution in [-0.2, 0) is 10.2 Å². The smallest absolute Gasteiger partial charge is 0.191 e. The van der Waals surface area contributed by atoms with Crippen LogP contribution < -0.4 is 10.6 Å². The molecule has 3 rings (SSSR count). The van der Waals surface area contributed by atoms with Crippen molar-refractivity contribution >= 4 is 29.3 Å². The maximum absolute atomic E-state index is 6.25. The summed E-state index contributed by atoms with van der Waals surface area (Å²) in [7, 11) is 1.84. The van der Waals surface area contributed by atoms with E-state index in [4.69, 9.17) is 16.3 Å². The number of halogens is 1. The highest BCUT2D eigenvalue weighted by atomic mass is 35.5. The molecule has 1 aromatic carbocycles. The van der Waals surface area contributed by atoms with E-state index in [1.165, 1.54) is 24.2 Å². The third-order valence-corrected chi connectivity index (χ3v) is 6.86. The van der Waals surface area contributed by atoms with Crippen LogP contribution in [0.3, 0.4) is 0 Å². The Kier molecular flexibility index (Phi) is 6.91. The van der Waals surface area contributed by atoms with E-state index in [1.54, 1.807) is 0 Å². The molecule has 0 aromatic heterocycles. The van der Waals surface area contributed by atoms with Crippen LogP contribution in [0.1, 0.15) is 31.2 Å². The Balaban J connectivity index is 1.63. The van der Waals surface area contributed by atoms with Crippen molar-refractivity contribution in [3.05, 3.63) is 34.9 Å². The second-order valence-corrected chi connectivity index (χ2v) is 8.69. The van der Waals surface area contributed by atoms with Gasteiger partial charge in [-0.3, -0.25) is 4.99 Å². The summed E-state index contributed by atoms with van der Waals surface area (Å²) in [4.78, 5) is 4.40. The molecule has 1 unspecified atom stereocenters. The zero-order valence-corrected chi connectivity index (χ0v) is 16.5. The lowest BCUT2D eigenvalue weighted by Gasteiger charge is -2.38. The molecule has 0 amide bonds. The summed E-state index contributed by atoms with van der Waals surface area (Å²) in [5, 5.41) is 8.55. The van der Waals surface area contributed by atoms with Gasteiger partial charge in [-0.05, 0) is 49.1 Å². The Morgan fingerprint density at radius 2 is 2.20 bits per heavy atom. The predicted molar refractivity (Wildman–Crippen MR) is 108 cm³/mol. The van der Waals surface area contributed by atoms with Gasteiger partial charge >= 0.3 is 0 Å². The van der Waals surface area contributed by atoms with E-state index in [-0.39, 0.29) is 5.41 Å². The molecular formula is C19H28ClN3OS. The molecule has 6 heteroatoms. The quantitative estimate of drug-likeness (QED) is 0.605. The van der Waals surface area contributed by atoms with Crippen molar-refractivity contribution < 1.29 is 4.74 Å². The molecule has 2 fully saturated rings. The summed E-state index contributed by atoms with van der Waals surface area (Å²) in [6.45, 7) is 3.41. The number of hydrogen-bond donors (Lipinski definition) is 2. The first-order chi connectivity index (χ1) is 12.2. The number of thioether (sulfide) groups is 1. The minimum absolute atomic E-state index is 0.0445. The maximum atomic E-state index is 6.25. The van der Waals surface area contributed by atoms with Gasteiger partial charge in [0.25, 0.3) is 0 Å². The highest BCUT2D eigenvalue weighted by Crippen LogP contribution is 2.35. The van der Waals surface area contributed by atoms with Crippen molar-refractivity contribution in [3.63, 3.8) is 0 Å². The number of hydrogen-bond acceptors (Lipinski definition) is 3. The van der Waals surface area contributed by atoms with Gasteiger partial charge in [-0.25, -0.2) is 0 Å². The molecule has 0 aliphatic carbocycles. The van der Waals surface area contributed by atoms with Crippen molar-refractivity contribution in [2.45, 2.75) is 36.3 Å². The first kappa shape index (κ1) is 18.9. The van der Waals surface area contributed by atoms with Crippen LogP contribution in [0.4, 0.5) is 0 Å². The molecule has 0 spiro atoms. The fourth-order valence-electron chi connectivity index (χ4n) is 3.64. The van der Waals surface area contributed by atoms with Gasteiger partial charge < -0.3 is 15.4 Å². The van der Waals surface area contributed by atoms with E-state index in [0.717, 1.165) is 50.1 Å². The fourth-order valence-corrected chi connectivity index (χ4v) is 5.03. The van der Waals surface area contributed by atoms with Gasteiger partial charge in [-0.15, -0.1) is 0 Å². The van der Waals surface area contributed by atoms with E-state index in [2.05, 4.69) is 39.5 Å². The van der Waals surface area contributed by atoms with E-state index in [9.17, 15) is 0 Å². The second kappa shape index (κ2) is 9.15. The average molecular weight is 382 g/mol. The number of ether oxygens (including phenoxy) is 1. The summed E-state index contributed by atoms with van der Waals surface area (Å²) in [6.07, 6.45) is 4.63. The van der Waals surface area contributed by atoms with E-state index in [1.807, 2.05) is 19.2 Å². The zero-order valence-electron chi connectivity index (χ0n) is 14.9. The first-order valence-electron chi connectivity index (χ1n) is 9.12. The highest BCUT2D eigenvalue weighted by Gasteiger charge is 2.34. The van der Waals surface area contributed by atoms with Crippen molar-refractivity contribution in [2.24, 2.45) is 4.99 Å². The average Bonchev–Trinajstić information content (AvgIpc) is 3.16. The van der Waals surface area contributed by atoms with Gasteiger partial charge in [0.15, 0.2) is 5.96 Å². The van der Waals surface area contributed by atoms with Crippen LogP contribution in [0.15, 0.2) is 29.3 Å². The Morgan fingerprint density at radius 3 is 2.88 bits per heavy atom. The molecule has 1 aromatic rings. The largest absolute Gasteiger partial charge is 0.381 e. The second-order valence-electron chi connectivity index (χ2n) is 6.84. The monoisotopic (exact) mass is 381 g/mol. The third-order valence-electron chi connectivity index (χ3n) is 5.23. The summed E-state index contributed by atoms with van der Waals surface area (Å²) in [5.74, 6) is 2.18. The van der Waals surface area contributed by atoms with Crippen molar-refractivity contribution in [1.29, 1.82) is 0 Å². The molecule has 0 bridgehead atoms. The summed E-state index contributed by atoms with van der Waals surface area (Å²) >= 11 is 8.31. The van der Waals surface area contributed by atoms with E-state index < -0.39 is 0 Å². The van der Waals surface area contributed by atoms with Crippen molar-refractivity contribution in [2.75, 3.05) is 39.1 Å². The molecule has 2 N–H and O–H groups in total. The van der Waals surface area contributed by atoms with E-state index >= 15 is 0 Å². The molecule has 2 saturated heterocycles. The zero-order chi connectivity index (χ0) is 17.5. The molecule has 2 aliphatic rings. The molecular weight excluding hydrogens is 354 g/mol. The number of benzene rings is 1. The molecule has 1 atom stereocenters. The third kappa shape index (κ3) is 5.05. The molecule has 2 aliphatic heterocycles. The highest BCUT2D eigenvalue weighted by molar-refractivity contribution is 8.00. The van der Waals surface area contributed by atoms with Crippen LogP contribution in [-0.4, -0.2) is 50.3 Å². The van der Waals surface area contributed by atoms with Crippen LogP contribution in [0.5, 0.6) is 0 Å². The van der Waals surface area contributed by atoms with Gasteiger partial charge in [0.2, 0.25) is 0 Å². The van der Waals surface area contributed by atoms with Gasteiger partial charge in [0, 0.05) is 49.0 Å². The molecule has 2 heterocycles. The van der Waals surface area contributed by atoms with Crippen LogP contribution in [0, 0.1) is 0 Å². The Bertz CT molecular complexity index is 584. The van der Waals surface area contributed by atoms with Crippen LogP contribution in [0.25, 0.3) is 0 Å². The molecule has 0 saturated carbocycles. The Morgan fingerprint density at radius 1 is 1.36 bits per heavy atom. The lowest BCUT2D eigenvalue weighted by molar-refractivity contribution is 0.0514. The number of aliphatic imine (C=N–C) groups is 1. The van der Waals surface area contributed by atoms with E-state index in [0.29, 0.717) is 5.25 Å². The topological polar surface area (TPSA) is 45.7 Å². The number of guanidine groups is 1. The summed E-state index contributed by atoms with van der Waals surface area (Å²) in [5.41, 5.74) is 1.33. The Hall–Kier alpha value is -0.910. The summed E-state index contributed by atoms with van der Waals surface area (Å²) in [6, 6.07) is 8.26. The van der Waals surface area contributed by atoms with Gasteiger partial charge in [-0.1, -0.05) is 23.7 Å². The molecule has 138 valence electrons. The normalized spacial score (nSPS) is 23.4. The Labute approximate surface area is 160 Å². The van der Waals surface area contributed by atoms with Crippen LogP contribution >= 0.6 is 23.4 Å². The number of rotatable bonds is 5. The fraction of sp³-hybridized carbons (Fsp3) is 0.632. The van der Waals surface area contributed by atoms with Gasteiger partial charge in [0.05, 0.1) is 0 Å². The van der Waals surface area contributed by atoms with Crippen LogP contribution in [0.2, 0.25) is 5.02 Å². The number of nitrogens with one attached hydrogen (secondary N) is 2. The van der Waals surface area contributed by atoms with Crippen molar-refractivity contribution in [3.8, 4) is 0 Å². The van der Waals surface area contributed by atoms with Gasteiger partial charge in [0.1, 0.15) is 0 Å². The lowest BCUT2D eigenvalue weighted by atomic mass is 9.74. The first-order valence-corrected chi connectivity index (χ1v) is 10.5. The van der Waals surface area contributed by atoms with Crippen molar-refractivity contribution in [1.82, 2.24) is 10.6 Å². The molecule has 25 heavy (non-hydrogen) atoms. The minimum atomic E-state index is 0.0445. The minimum Gasteiger partial charge on any atom is -0.381 e. The predicted octanol–water partition coefficient (Wildman–Crippen LogP) is 3.45. The molecule has 0 radical (unpaired) electrons. The maximum Gasteiger partial charge on any atom is 0.191 e. The number of nitrogens with zero attached hydrogens (tertiary/aromatic N) is 1. The lowest BCUT2D eigenvalue weighted by Crippen LogP contribution is -2.48. The molecule has 4 nitrogen and oxygen atoms in total. The van der Waals surface area contributed by atoms with Gasteiger partial charge in [-0.2, -0.15) is 11.8 Å².